The molecule has 0 aromatic carbocycles. The quantitative estimate of drug-likeness (QED) is 0.715. The van der Waals surface area contributed by atoms with E-state index in [4.69, 9.17) is 9.47 Å². The normalized spacial score (nSPS) is 33.0. The summed E-state index contributed by atoms with van der Waals surface area (Å²) in [6.45, 7) is 12.0. The minimum Gasteiger partial charge on any atom is -0.373 e. The van der Waals surface area contributed by atoms with Crippen LogP contribution < -0.4 is 0 Å². The van der Waals surface area contributed by atoms with Crippen LogP contribution in [0.25, 0.3) is 0 Å². The van der Waals surface area contributed by atoms with Gasteiger partial charge in [-0.25, -0.2) is 0 Å². The van der Waals surface area contributed by atoms with Crippen molar-refractivity contribution in [2.45, 2.75) is 72.2 Å². The molecule has 4 atom stereocenters. The molecule has 0 aromatic rings. The molecule has 2 nitrogen and oxygen atoms in total. The molecule has 1 aliphatic heterocycles. The Morgan fingerprint density at radius 3 is 2.25 bits per heavy atom. The Kier molecular flexibility index (Phi) is 5.77. The molecule has 0 aromatic heterocycles. The summed E-state index contributed by atoms with van der Waals surface area (Å²) in [6.07, 6.45) is 4.18. The second kappa shape index (κ2) is 6.61. The topological polar surface area (TPSA) is 18.5 Å². The molecule has 1 heterocycles. The Balaban J connectivity index is 2.51. The molecule has 0 N–H and O–H groups in total. The van der Waals surface area contributed by atoms with Gasteiger partial charge in [-0.2, -0.15) is 0 Å². The molecule has 1 rings (SSSR count). The van der Waals surface area contributed by atoms with Crippen LogP contribution in [0.15, 0.2) is 0 Å². The highest BCUT2D eigenvalue weighted by molar-refractivity contribution is 4.79. The molecule has 0 amide bonds. The van der Waals surface area contributed by atoms with Gasteiger partial charge >= 0.3 is 0 Å². The fourth-order valence-corrected chi connectivity index (χ4v) is 2.15. The number of ether oxygens (including phenoxy) is 2. The van der Waals surface area contributed by atoms with Crippen molar-refractivity contribution in [3.8, 4) is 0 Å². The summed E-state index contributed by atoms with van der Waals surface area (Å²) in [6, 6.07) is 0. The summed E-state index contributed by atoms with van der Waals surface area (Å²) < 4.78 is 12.0. The zero-order valence-corrected chi connectivity index (χ0v) is 11.5. The Bertz CT molecular complexity index is 191. The van der Waals surface area contributed by atoms with Crippen LogP contribution in [-0.4, -0.2) is 24.9 Å². The standard InChI is InChI=1S/C14H28O2/c1-6-12-9-15-13(7-2)14(16-12)8-11(5)10(3)4/h10-14H,6-9H2,1-5H3. The highest BCUT2D eigenvalue weighted by atomic mass is 16.6. The molecule has 96 valence electrons. The van der Waals surface area contributed by atoms with E-state index in [1.165, 1.54) is 0 Å². The summed E-state index contributed by atoms with van der Waals surface area (Å²) in [7, 11) is 0. The van der Waals surface area contributed by atoms with Crippen molar-refractivity contribution < 1.29 is 9.47 Å². The van der Waals surface area contributed by atoms with E-state index in [1.54, 1.807) is 0 Å². The molecule has 1 aliphatic rings. The van der Waals surface area contributed by atoms with E-state index < -0.39 is 0 Å². The first kappa shape index (κ1) is 14.0. The summed E-state index contributed by atoms with van der Waals surface area (Å²) in [4.78, 5) is 0. The zero-order chi connectivity index (χ0) is 12.1. The monoisotopic (exact) mass is 228 g/mol. The number of rotatable bonds is 5. The van der Waals surface area contributed by atoms with Crippen molar-refractivity contribution >= 4 is 0 Å². The highest BCUT2D eigenvalue weighted by Gasteiger charge is 2.31. The van der Waals surface area contributed by atoms with Gasteiger partial charge in [0, 0.05) is 0 Å². The van der Waals surface area contributed by atoms with Crippen LogP contribution in [0.2, 0.25) is 0 Å². The Morgan fingerprint density at radius 2 is 1.75 bits per heavy atom. The fourth-order valence-electron chi connectivity index (χ4n) is 2.15. The largest absolute Gasteiger partial charge is 0.373 e. The summed E-state index contributed by atoms with van der Waals surface area (Å²) in [5, 5.41) is 0. The van der Waals surface area contributed by atoms with Crippen LogP contribution in [0.4, 0.5) is 0 Å². The lowest BCUT2D eigenvalue weighted by molar-refractivity contribution is -0.187. The van der Waals surface area contributed by atoms with Gasteiger partial charge in [-0.05, 0) is 31.1 Å². The second-order valence-corrected chi connectivity index (χ2v) is 5.44. The molecule has 2 heteroatoms. The van der Waals surface area contributed by atoms with Crippen LogP contribution in [0.1, 0.15) is 53.9 Å². The van der Waals surface area contributed by atoms with E-state index in [2.05, 4.69) is 34.6 Å². The van der Waals surface area contributed by atoms with E-state index in [9.17, 15) is 0 Å². The second-order valence-electron chi connectivity index (χ2n) is 5.44. The molecule has 1 saturated heterocycles. The van der Waals surface area contributed by atoms with Gasteiger partial charge in [0.25, 0.3) is 0 Å². The lowest BCUT2D eigenvalue weighted by Crippen LogP contribution is -2.44. The Morgan fingerprint density at radius 1 is 1.06 bits per heavy atom. The predicted octanol–water partition coefficient (Wildman–Crippen LogP) is 3.64. The van der Waals surface area contributed by atoms with Crippen molar-refractivity contribution in [2.75, 3.05) is 6.61 Å². The van der Waals surface area contributed by atoms with Crippen LogP contribution in [0.3, 0.4) is 0 Å². The third-order valence-electron chi connectivity index (χ3n) is 3.88. The zero-order valence-electron chi connectivity index (χ0n) is 11.5. The maximum Gasteiger partial charge on any atom is 0.0844 e. The van der Waals surface area contributed by atoms with Crippen molar-refractivity contribution in [2.24, 2.45) is 11.8 Å². The SMILES string of the molecule is CCC1COC(CC)C(CC(C)C(C)C)O1. The van der Waals surface area contributed by atoms with Crippen LogP contribution in [0, 0.1) is 11.8 Å². The smallest absolute Gasteiger partial charge is 0.0844 e. The van der Waals surface area contributed by atoms with Gasteiger partial charge in [0.2, 0.25) is 0 Å². The third kappa shape index (κ3) is 3.74. The van der Waals surface area contributed by atoms with Gasteiger partial charge in [0.1, 0.15) is 0 Å². The van der Waals surface area contributed by atoms with Gasteiger partial charge in [-0.1, -0.05) is 34.6 Å². The van der Waals surface area contributed by atoms with Crippen molar-refractivity contribution in [3.63, 3.8) is 0 Å². The maximum absolute atomic E-state index is 6.13. The molecule has 0 bridgehead atoms. The first-order valence-electron chi connectivity index (χ1n) is 6.85. The molecular weight excluding hydrogens is 200 g/mol. The fraction of sp³-hybridized carbons (Fsp3) is 1.00. The van der Waals surface area contributed by atoms with E-state index in [0.717, 1.165) is 31.8 Å². The van der Waals surface area contributed by atoms with E-state index in [1.807, 2.05) is 0 Å². The summed E-state index contributed by atoms with van der Waals surface area (Å²) in [5.41, 5.74) is 0. The maximum atomic E-state index is 6.13. The van der Waals surface area contributed by atoms with E-state index in [-0.39, 0.29) is 0 Å². The molecule has 4 unspecified atom stereocenters. The molecule has 0 radical (unpaired) electrons. The van der Waals surface area contributed by atoms with Crippen molar-refractivity contribution in [3.05, 3.63) is 0 Å². The van der Waals surface area contributed by atoms with Gasteiger partial charge < -0.3 is 9.47 Å². The van der Waals surface area contributed by atoms with Crippen LogP contribution >= 0.6 is 0 Å². The first-order valence-corrected chi connectivity index (χ1v) is 6.85. The predicted molar refractivity (Wildman–Crippen MR) is 67.6 cm³/mol. The van der Waals surface area contributed by atoms with Gasteiger partial charge in [0.05, 0.1) is 24.9 Å². The number of hydrogen-bond donors (Lipinski definition) is 0. The highest BCUT2D eigenvalue weighted by Crippen LogP contribution is 2.27. The van der Waals surface area contributed by atoms with Crippen molar-refractivity contribution in [1.82, 2.24) is 0 Å². The lowest BCUT2D eigenvalue weighted by Gasteiger charge is -2.38. The minimum absolute atomic E-state index is 0.307. The van der Waals surface area contributed by atoms with Gasteiger partial charge in [-0.3, -0.25) is 0 Å². The van der Waals surface area contributed by atoms with E-state index in [0.29, 0.717) is 24.2 Å². The molecule has 0 spiro atoms. The van der Waals surface area contributed by atoms with Crippen LogP contribution in [0.5, 0.6) is 0 Å². The molecule has 0 aliphatic carbocycles. The molecule has 1 fully saturated rings. The summed E-state index contributed by atoms with van der Waals surface area (Å²) in [5.74, 6) is 1.43. The van der Waals surface area contributed by atoms with Crippen LogP contribution in [-0.2, 0) is 9.47 Å². The van der Waals surface area contributed by atoms with Gasteiger partial charge in [-0.15, -0.1) is 0 Å². The Labute approximate surface area is 101 Å². The average Bonchev–Trinajstić information content (AvgIpc) is 2.28. The molecule has 0 saturated carbocycles. The molecule has 16 heavy (non-hydrogen) atoms. The summed E-state index contributed by atoms with van der Waals surface area (Å²) >= 11 is 0. The average molecular weight is 228 g/mol. The first-order chi connectivity index (χ1) is 7.58. The number of hydrogen-bond acceptors (Lipinski definition) is 2. The Hall–Kier alpha value is -0.0800. The third-order valence-corrected chi connectivity index (χ3v) is 3.88. The minimum atomic E-state index is 0.307. The van der Waals surface area contributed by atoms with E-state index >= 15 is 0 Å². The lowest BCUT2D eigenvalue weighted by atomic mass is 9.89. The van der Waals surface area contributed by atoms with Gasteiger partial charge in [0.15, 0.2) is 0 Å². The van der Waals surface area contributed by atoms with Crippen molar-refractivity contribution in [1.29, 1.82) is 0 Å². The molecular formula is C14H28O2.